The van der Waals surface area contributed by atoms with Crippen LogP contribution in [0.1, 0.15) is 18.0 Å². The highest BCUT2D eigenvalue weighted by molar-refractivity contribution is 8.01. The average molecular weight is 464 g/mol. The fourth-order valence-electron chi connectivity index (χ4n) is 2.56. The van der Waals surface area contributed by atoms with Crippen LogP contribution in [0.15, 0.2) is 63.8 Å². The lowest BCUT2D eigenvalue weighted by molar-refractivity contribution is 0.252. The van der Waals surface area contributed by atoms with Gasteiger partial charge in [0.15, 0.2) is 10.2 Å². The van der Waals surface area contributed by atoms with E-state index in [0.717, 1.165) is 15.7 Å². The second-order valence-corrected chi connectivity index (χ2v) is 9.57. The Kier molecular flexibility index (Phi) is 6.55. The van der Waals surface area contributed by atoms with Crippen LogP contribution in [0.2, 0.25) is 0 Å². The zero-order chi connectivity index (χ0) is 20.9. The van der Waals surface area contributed by atoms with E-state index in [1.54, 1.807) is 28.9 Å². The summed E-state index contributed by atoms with van der Waals surface area (Å²) >= 11 is 3.42. The monoisotopic (exact) mass is 463 g/mol. The molecule has 0 aliphatic heterocycles. The molecule has 1 unspecified atom stereocenters. The maximum absolute atomic E-state index is 12.4. The van der Waals surface area contributed by atoms with Crippen molar-refractivity contribution in [1.82, 2.24) is 30.4 Å². The highest BCUT2D eigenvalue weighted by atomic mass is 32.2. The number of alkyl halides is 2. The minimum atomic E-state index is -2.43. The third-order valence-electron chi connectivity index (χ3n) is 3.87. The summed E-state index contributed by atoms with van der Waals surface area (Å²) < 4.78 is 27.3. The molecule has 154 valence electrons. The fourth-order valence-corrected chi connectivity index (χ4v) is 5.06. The number of nitrogens with zero attached hydrogens (tertiary/aromatic N) is 6. The SMILES string of the molecule is CC(Sc1nnc(Nc2ccc(SC(F)F)cc2)s1)c1nnnn1-c1ccccc1. The molecule has 2 aromatic heterocycles. The van der Waals surface area contributed by atoms with Crippen LogP contribution in [0.25, 0.3) is 5.69 Å². The van der Waals surface area contributed by atoms with Crippen molar-refractivity contribution in [2.24, 2.45) is 0 Å². The molecular formula is C18H15F2N7S3. The standard InChI is InChI=1S/C18H15F2N7S3/c1-11(15-22-25-26-27(15)13-5-3-2-4-6-13)28-18-24-23-17(30-18)21-12-7-9-14(10-8-12)29-16(19)20/h2-11,16H,1H3,(H,21,23). The van der Waals surface area contributed by atoms with Gasteiger partial charge in [-0.15, -0.1) is 15.3 Å². The van der Waals surface area contributed by atoms with E-state index in [-0.39, 0.29) is 5.25 Å². The number of benzene rings is 2. The van der Waals surface area contributed by atoms with E-state index >= 15 is 0 Å². The van der Waals surface area contributed by atoms with E-state index in [9.17, 15) is 8.78 Å². The maximum Gasteiger partial charge on any atom is 0.288 e. The number of hydrogen-bond acceptors (Lipinski definition) is 9. The third kappa shape index (κ3) is 5.12. The molecule has 4 rings (SSSR count). The summed E-state index contributed by atoms with van der Waals surface area (Å²) in [7, 11) is 0. The van der Waals surface area contributed by atoms with Crippen molar-refractivity contribution in [3.8, 4) is 5.69 Å². The first kappa shape index (κ1) is 20.7. The van der Waals surface area contributed by atoms with Gasteiger partial charge >= 0.3 is 0 Å². The molecule has 7 nitrogen and oxygen atoms in total. The molecule has 0 saturated heterocycles. The third-order valence-corrected chi connectivity index (χ3v) is 6.61. The van der Waals surface area contributed by atoms with Gasteiger partial charge in [-0.05, 0) is 53.7 Å². The van der Waals surface area contributed by atoms with Crippen LogP contribution in [0.3, 0.4) is 0 Å². The highest BCUT2D eigenvalue weighted by Gasteiger charge is 2.19. The molecule has 0 fully saturated rings. The second-order valence-electron chi connectivity index (χ2n) is 5.95. The Bertz CT molecular complexity index is 1090. The summed E-state index contributed by atoms with van der Waals surface area (Å²) in [6, 6.07) is 16.4. The van der Waals surface area contributed by atoms with Crippen molar-refractivity contribution in [3.63, 3.8) is 0 Å². The zero-order valence-electron chi connectivity index (χ0n) is 15.5. The lowest BCUT2D eigenvalue weighted by atomic mass is 10.3. The summed E-state index contributed by atoms with van der Waals surface area (Å²) in [6.45, 7) is 2.00. The molecule has 0 spiro atoms. The van der Waals surface area contributed by atoms with Crippen molar-refractivity contribution in [1.29, 1.82) is 0 Å². The van der Waals surface area contributed by atoms with E-state index in [4.69, 9.17) is 0 Å². The molecule has 2 heterocycles. The molecule has 0 radical (unpaired) electrons. The van der Waals surface area contributed by atoms with Crippen LogP contribution in [0.4, 0.5) is 19.6 Å². The Morgan fingerprint density at radius 1 is 0.967 bits per heavy atom. The van der Waals surface area contributed by atoms with Crippen molar-refractivity contribution in [2.75, 3.05) is 5.32 Å². The van der Waals surface area contributed by atoms with E-state index in [2.05, 4.69) is 31.0 Å². The Balaban J connectivity index is 1.41. The molecule has 4 aromatic rings. The Morgan fingerprint density at radius 3 is 2.47 bits per heavy atom. The number of aromatic nitrogens is 6. The lowest BCUT2D eigenvalue weighted by Gasteiger charge is -2.09. The average Bonchev–Trinajstić information content (AvgIpc) is 3.39. The van der Waals surface area contributed by atoms with Crippen LogP contribution < -0.4 is 5.32 Å². The molecule has 0 amide bonds. The van der Waals surface area contributed by atoms with Gasteiger partial charge in [0.1, 0.15) is 0 Å². The topological polar surface area (TPSA) is 81.4 Å². The molecule has 1 atom stereocenters. The lowest BCUT2D eigenvalue weighted by Crippen LogP contribution is -2.04. The van der Waals surface area contributed by atoms with E-state index in [1.165, 1.54) is 23.1 Å². The Labute approximate surface area is 183 Å². The molecule has 12 heteroatoms. The van der Waals surface area contributed by atoms with Gasteiger partial charge in [-0.3, -0.25) is 0 Å². The number of hydrogen-bond donors (Lipinski definition) is 1. The van der Waals surface area contributed by atoms with E-state index < -0.39 is 5.76 Å². The number of halogens is 2. The molecule has 0 saturated carbocycles. The van der Waals surface area contributed by atoms with E-state index in [0.29, 0.717) is 27.6 Å². The van der Waals surface area contributed by atoms with Crippen LogP contribution in [-0.4, -0.2) is 36.2 Å². The first-order valence-corrected chi connectivity index (χ1v) is 11.3. The van der Waals surface area contributed by atoms with Crippen molar-refractivity contribution in [2.45, 2.75) is 27.2 Å². The van der Waals surface area contributed by atoms with Crippen LogP contribution in [-0.2, 0) is 0 Å². The summed E-state index contributed by atoms with van der Waals surface area (Å²) in [6.07, 6.45) is 0. The first-order chi connectivity index (χ1) is 14.6. The largest absolute Gasteiger partial charge is 0.330 e. The molecule has 0 aliphatic rings. The van der Waals surface area contributed by atoms with Gasteiger partial charge in [-0.25, -0.2) is 0 Å². The van der Waals surface area contributed by atoms with Gasteiger partial charge in [0.2, 0.25) is 5.13 Å². The summed E-state index contributed by atoms with van der Waals surface area (Å²) in [5.74, 6) is -1.72. The number of anilines is 2. The number of tetrazole rings is 1. The quantitative estimate of drug-likeness (QED) is 0.347. The number of nitrogens with one attached hydrogen (secondary N) is 1. The summed E-state index contributed by atoms with van der Waals surface area (Å²) in [5, 5.41) is 24.1. The Morgan fingerprint density at radius 2 is 1.73 bits per heavy atom. The normalized spacial score (nSPS) is 12.3. The number of thioether (sulfide) groups is 2. The Hall–Kier alpha value is -2.57. The molecule has 30 heavy (non-hydrogen) atoms. The van der Waals surface area contributed by atoms with Gasteiger partial charge in [-0.2, -0.15) is 13.5 Å². The predicted octanol–water partition coefficient (Wildman–Crippen LogP) is 5.43. The second kappa shape index (κ2) is 9.49. The summed E-state index contributed by atoms with van der Waals surface area (Å²) in [4.78, 5) is 0.508. The van der Waals surface area contributed by atoms with Gasteiger partial charge in [-0.1, -0.05) is 53.1 Å². The molecular weight excluding hydrogens is 448 g/mol. The van der Waals surface area contributed by atoms with Gasteiger partial charge in [0.05, 0.1) is 10.9 Å². The fraction of sp³-hybridized carbons (Fsp3) is 0.167. The van der Waals surface area contributed by atoms with Crippen molar-refractivity contribution >= 4 is 45.7 Å². The zero-order valence-corrected chi connectivity index (χ0v) is 18.0. The van der Waals surface area contributed by atoms with Gasteiger partial charge < -0.3 is 5.32 Å². The van der Waals surface area contributed by atoms with Crippen LogP contribution in [0, 0.1) is 0 Å². The van der Waals surface area contributed by atoms with Gasteiger partial charge in [0, 0.05) is 10.6 Å². The maximum atomic E-state index is 12.4. The van der Waals surface area contributed by atoms with E-state index in [1.807, 2.05) is 37.3 Å². The number of rotatable bonds is 8. The summed E-state index contributed by atoms with van der Waals surface area (Å²) in [5.41, 5.74) is 1.64. The van der Waals surface area contributed by atoms with Crippen molar-refractivity contribution in [3.05, 3.63) is 60.4 Å². The minimum Gasteiger partial charge on any atom is -0.330 e. The van der Waals surface area contributed by atoms with Crippen molar-refractivity contribution < 1.29 is 8.78 Å². The smallest absolute Gasteiger partial charge is 0.288 e. The molecule has 0 bridgehead atoms. The minimum absolute atomic E-state index is 0.0494. The molecule has 0 aliphatic carbocycles. The predicted molar refractivity (Wildman–Crippen MR) is 115 cm³/mol. The van der Waals surface area contributed by atoms with Crippen LogP contribution in [0.5, 0.6) is 0 Å². The molecule has 2 aromatic carbocycles. The molecule has 1 N–H and O–H groups in total. The van der Waals surface area contributed by atoms with Gasteiger partial charge in [0.25, 0.3) is 5.76 Å². The van der Waals surface area contributed by atoms with Crippen LogP contribution >= 0.6 is 34.9 Å². The highest BCUT2D eigenvalue weighted by Crippen LogP contribution is 2.37. The number of para-hydroxylation sites is 1. The first-order valence-electron chi connectivity index (χ1n) is 8.74.